The summed E-state index contributed by atoms with van der Waals surface area (Å²) in [6, 6.07) is 7.89. The second-order valence-corrected chi connectivity index (χ2v) is 5.17. The van der Waals surface area contributed by atoms with Crippen molar-refractivity contribution >= 4 is 11.0 Å². The van der Waals surface area contributed by atoms with Crippen molar-refractivity contribution in [3.8, 4) is 5.69 Å². The summed E-state index contributed by atoms with van der Waals surface area (Å²) in [6.07, 6.45) is 3.94. The van der Waals surface area contributed by atoms with Crippen LogP contribution in [0.5, 0.6) is 0 Å². The first kappa shape index (κ1) is 14.5. The zero-order chi connectivity index (χ0) is 15.5. The SMILES string of the molecule is COCCCn1cnc2c(cnn2-c2ccccc2C)c1=O. The molecule has 22 heavy (non-hydrogen) atoms. The van der Waals surface area contributed by atoms with Crippen molar-refractivity contribution in [1.29, 1.82) is 0 Å². The Labute approximate surface area is 128 Å². The number of aryl methyl sites for hydroxylation is 2. The molecule has 0 fully saturated rings. The summed E-state index contributed by atoms with van der Waals surface area (Å²) in [5.41, 5.74) is 2.53. The maximum absolute atomic E-state index is 12.5. The van der Waals surface area contributed by atoms with E-state index in [0.29, 0.717) is 24.2 Å². The molecule has 114 valence electrons. The van der Waals surface area contributed by atoms with Crippen molar-refractivity contribution in [2.24, 2.45) is 0 Å². The van der Waals surface area contributed by atoms with Gasteiger partial charge in [0, 0.05) is 20.3 Å². The van der Waals surface area contributed by atoms with Gasteiger partial charge < -0.3 is 4.74 Å². The first-order valence-electron chi connectivity index (χ1n) is 7.20. The van der Waals surface area contributed by atoms with Gasteiger partial charge in [-0.15, -0.1) is 0 Å². The molecule has 1 aromatic carbocycles. The van der Waals surface area contributed by atoms with Crippen LogP contribution >= 0.6 is 0 Å². The molecular formula is C16H18N4O2. The molecule has 0 aliphatic carbocycles. The molecule has 0 saturated heterocycles. The highest BCUT2D eigenvalue weighted by atomic mass is 16.5. The van der Waals surface area contributed by atoms with Crippen LogP contribution in [-0.2, 0) is 11.3 Å². The monoisotopic (exact) mass is 298 g/mol. The van der Waals surface area contributed by atoms with E-state index < -0.39 is 0 Å². The Morgan fingerprint density at radius 2 is 2.09 bits per heavy atom. The van der Waals surface area contributed by atoms with Crippen molar-refractivity contribution in [2.75, 3.05) is 13.7 Å². The minimum atomic E-state index is -0.0686. The number of hydrogen-bond acceptors (Lipinski definition) is 4. The van der Waals surface area contributed by atoms with Crippen molar-refractivity contribution in [1.82, 2.24) is 19.3 Å². The van der Waals surface area contributed by atoms with Gasteiger partial charge in [0.05, 0.1) is 18.2 Å². The van der Waals surface area contributed by atoms with Crippen LogP contribution in [0.3, 0.4) is 0 Å². The zero-order valence-corrected chi connectivity index (χ0v) is 12.7. The van der Waals surface area contributed by atoms with Crippen molar-refractivity contribution < 1.29 is 4.74 Å². The van der Waals surface area contributed by atoms with E-state index in [1.165, 1.54) is 0 Å². The Balaban J connectivity index is 2.05. The number of fused-ring (bicyclic) bond motifs is 1. The van der Waals surface area contributed by atoms with Gasteiger partial charge in [-0.05, 0) is 25.0 Å². The fraction of sp³-hybridized carbons (Fsp3) is 0.312. The van der Waals surface area contributed by atoms with Crippen LogP contribution < -0.4 is 5.56 Å². The number of methoxy groups -OCH3 is 1. The quantitative estimate of drug-likeness (QED) is 0.675. The Bertz CT molecular complexity index is 851. The predicted octanol–water partition coefficient (Wildman–Crippen LogP) is 1.93. The number of aromatic nitrogens is 4. The smallest absolute Gasteiger partial charge is 0.264 e. The predicted molar refractivity (Wildman–Crippen MR) is 84.4 cm³/mol. The molecular weight excluding hydrogens is 280 g/mol. The summed E-state index contributed by atoms with van der Waals surface area (Å²) in [7, 11) is 1.65. The van der Waals surface area contributed by atoms with Gasteiger partial charge in [0.15, 0.2) is 5.65 Å². The lowest BCUT2D eigenvalue weighted by Gasteiger charge is -2.07. The first-order chi connectivity index (χ1) is 10.7. The Hall–Kier alpha value is -2.47. The normalized spacial score (nSPS) is 11.2. The lowest BCUT2D eigenvalue weighted by molar-refractivity contribution is 0.190. The van der Waals surface area contributed by atoms with E-state index in [0.717, 1.165) is 17.7 Å². The van der Waals surface area contributed by atoms with Crippen LogP contribution in [0.1, 0.15) is 12.0 Å². The molecule has 0 saturated carbocycles. The molecule has 0 spiro atoms. The topological polar surface area (TPSA) is 61.9 Å². The summed E-state index contributed by atoms with van der Waals surface area (Å²) in [5, 5.41) is 4.87. The molecule has 3 rings (SSSR count). The fourth-order valence-corrected chi connectivity index (χ4v) is 2.46. The van der Waals surface area contributed by atoms with Gasteiger partial charge in [0.1, 0.15) is 5.39 Å². The highest BCUT2D eigenvalue weighted by molar-refractivity contribution is 5.75. The molecule has 2 heterocycles. The first-order valence-corrected chi connectivity index (χ1v) is 7.20. The second-order valence-electron chi connectivity index (χ2n) is 5.17. The molecule has 0 radical (unpaired) electrons. The standard InChI is InChI=1S/C16H18N4O2/c1-12-6-3-4-7-14(12)20-15-13(10-18-20)16(21)19(11-17-15)8-5-9-22-2/h3-4,6-7,10-11H,5,8-9H2,1-2H3. The van der Waals surface area contributed by atoms with Crippen LogP contribution in [0.25, 0.3) is 16.7 Å². The number of rotatable bonds is 5. The van der Waals surface area contributed by atoms with E-state index in [1.54, 1.807) is 28.9 Å². The van der Waals surface area contributed by atoms with Crippen LogP contribution in [0.4, 0.5) is 0 Å². The lowest BCUT2D eigenvalue weighted by Crippen LogP contribution is -2.21. The third kappa shape index (κ3) is 2.53. The van der Waals surface area contributed by atoms with Gasteiger partial charge in [-0.25, -0.2) is 9.67 Å². The van der Waals surface area contributed by atoms with Gasteiger partial charge in [-0.3, -0.25) is 9.36 Å². The molecule has 0 aliphatic heterocycles. The minimum absolute atomic E-state index is 0.0686. The molecule has 2 aromatic heterocycles. The van der Waals surface area contributed by atoms with E-state index >= 15 is 0 Å². The number of nitrogens with zero attached hydrogens (tertiary/aromatic N) is 4. The summed E-state index contributed by atoms with van der Waals surface area (Å²) in [5.74, 6) is 0. The van der Waals surface area contributed by atoms with E-state index in [2.05, 4.69) is 10.1 Å². The number of ether oxygens (including phenoxy) is 1. The number of benzene rings is 1. The molecule has 6 nitrogen and oxygen atoms in total. The van der Waals surface area contributed by atoms with Crippen molar-refractivity contribution in [3.63, 3.8) is 0 Å². The molecule has 0 N–H and O–H groups in total. The summed E-state index contributed by atoms with van der Waals surface area (Å²) >= 11 is 0. The summed E-state index contributed by atoms with van der Waals surface area (Å²) < 4.78 is 8.33. The maximum atomic E-state index is 12.5. The Morgan fingerprint density at radius 1 is 1.27 bits per heavy atom. The van der Waals surface area contributed by atoms with Crippen molar-refractivity contribution in [2.45, 2.75) is 19.9 Å². The van der Waals surface area contributed by atoms with Gasteiger partial charge in [-0.1, -0.05) is 18.2 Å². The van der Waals surface area contributed by atoms with Gasteiger partial charge in [-0.2, -0.15) is 5.10 Å². The Morgan fingerprint density at radius 3 is 2.86 bits per heavy atom. The average molecular weight is 298 g/mol. The third-order valence-electron chi connectivity index (χ3n) is 3.65. The maximum Gasteiger partial charge on any atom is 0.264 e. The minimum Gasteiger partial charge on any atom is -0.385 e. The molecule has 6 heteroatoms. The van der Waals surface area contributed by atoms with E-state index in [1.807, 2.05) is 31.2 Å². The van der Waals surface area contributed by atoms with E-state index in [-0.39, 0.29) is 5.56 Å². The number of para-hydroxylation sites is 1. The van der Waals surface area contributed by atoms with Gasteiger partial charge in [0.2, 0.25) is 0 Å². The number of hydrogen-bond donors (Lipinski definition) is 0. The van der Waals surface area contributed by atoms with Crippen LogP contribution in [0, 0.1) is 6.92 Å². The molecule has 0 unspecified atom stereocenters. The Kier molecular flexibility index (Phi) is 4.02. The molecule has 0 aliphatic rings. The molecule has 0 bridgehead atoms. The highest BCUT2D eigenvalue weighted by Crippen LogP contribution is 2.16. The third-order valence-corrected chi connectivity index (χ3v) is 3.65. The van der Waals surface area contributed by atoms with Gasteiger partial charge >= 0.3 is 0 Å². The molecule has 0 atom stereocenters. The second kappa shape index (κ2) is 6.11. The zero-order valence-electron chi connectivity index (χ0n) is 12.7. The average Bonchev–Trinajstić information content (AvgIpc) is 2.95. The van der Waals surface area contributed by atoms with Crippen LogP contribution in [0.15, 0.2) is 41.6 Å². The fourth-order valence-electron chi connectivity index (χ4n) is 2.46. The lowest BCUT2D eigenvalue weighted by atomic mass is 10.2. The molecule has 3 aromatic rings. The van der Waals surface area contributed by atoms with Gasteiger partial charge in [0.25, 0.3) is 5.56 Å². The summed E-state index contributed by atoms with van der Waals surface area (Å²) in [4.78, 5) is 16.9. The largest absolute Gasteiger partial charge is 0.385 e. The van der Waals surface area contributed by atoms with E-state index in [4.69, 9.17) is 4.74 Å². The highest BCUT2D eigenvalue weighted by Gasteiger charge is 2.12. The molecule has 0 amide bonds. The van der Waals surface area contributed by atoms with Crippen molar-refractivity contribution in [3.05, 3.63) is 52.7 Å². The summed E-state index contributed by atoms with van der Waals surface area (Å²) in [6.45, 7) is 3.22. The van der Waals surface area contributed by atoms with Crippen LogP contribution in [0.2, 0.25) is 0 Å². The van der Waals surface area contributed by atoms with Crippen LogP contribution in [-0.4, -0.2) is 33.0 Å². The van der Waals surface area contributed by atoms with E-state index in [9.17, 15) is 4.79 Å².